The van der Waals surface area contributed by atoms with Gasteiger partial charge in [0.05, 0.1) is 26.7 Å². The number of halogens is 1. The molecule has 0 amide bonds. The lowest BCUT2D eigenvalue weighted by Crippen LogP contribution is -2.28. The molecular formula is C33H27ClN4O4S. The molecule has 2 aromatic carbocycles. The molecule has 4 heterocycles. The summed E-state index contributed by atoms with van der Waals surface area (Å²) in [5.74, 6) is -0.626. The van der Waals surface area contributed by atoms with E-state index in [1.165, 1.54) is 15.9 Å². The Hall–Kier alpha value is -4.44. The van der Waals surface area contributed by atoms with Gasteiger partial charge in [0.2, 0.25) is 0 Å². The predicted molar refractivity (Wildman–Crippen MR) is 170 cm³/mol. The molecule has 43 heavy (non-hydrogen) atoms. The van der Waals surface area contributed by atoms with Crippen LogP contribution in [-0.2, 0) is 9.53 Å². The number of nitrogens with zero attached hydrogens (tertiary/aromatic N) is 4. The molecule has 1 atom stereocenters. The van der Waals surface area contributed by atoms with E-state index in [1.54, 1.807) is 48.9 Å². The van der Waals surface area contributed by atoms with E-state index in [0.717, 1.165) is 32.5 Å². The van der Waals surface area contributed by atoms with Gasteiger partial charge in [-0.15, -0.1) is 11.3 Å². The molecule has 6 rings (SSSR count). The minimum absolute atomic E-state index is 0.219. The molecule has 10 heteroatoms. The molecule has 0 fully saturated rings. The lowest BCUT2D eigenvalue weighted by molar-refractivity contribution is -0.160. The molecule has 216 valence electrons. The predicted octanol–water partition coefficient (Wildman–Crippen LogP) is 7.63. The van der Waals surface area contributed by atoms with Crippen molar-refractivity contribution in [1.82, 2.24) is 19.5 Å². The fraction of sp³-hybridized carbons (Fsp3) is 0.182. The van der Waals surface area contributed by atoms with Gasteiger partial charge in [-0.3, -0.25) is 14.3 Å². The second kappa shape index (κ2) is 11.0. The van der Waals surface area contributed by atoms with Crippen molar-refractivity contribution in [3.8, 4) is 27.5 Å². The van der Waals surface area contributed by atoms with E-state index in [0.29, 0.717) is 32.3 Å². The largest absolute Gasteiger partial charge is 0.479 e. The van der Waals surface area contributed by atoms with E-state index in [1.807, 2.05) is 58.0 Å². The van der Waals surface area contributed by atoms with Gasteiger partial charge in [-0.2, -0.15) is 0 Å². The van der Waals surface area contributed by atoms with E-state index in [2.05, 4.69) is 9.97 Å². The topological polar surface area (TPSA) is 107 Å². The number of fused-ring (bicyclic) bond motifs is 2. The number of rotatable bonds is 6. The van der Waals surface area contributed by atoms with E-state index in [-0.39, 0.29) is 5.56 Å². The van der Waals surface area contributed by atoms with Crippen molar-refractivity contribution < 1.29 is 14.6 Å². The van der Waals surface area contributed by atoms with Gasteiger partial charge in [-0.1, -0.05) is 23.7 Å². The monoisotopic (exact) mass is 610 g/mol. The molecule has 6 aromatic rings. The Bertz CT molecular complexity index is 2080. The first-order chi connectivity index (χ1) is 20.5. The highest BCUT2D eigenvalue weighted by Gasteiger charge is 2.32. The van der Waals surface area contributed by atoms with Gasteiger partial charge in [0.25, 0.3) is 5.56 Å². The van der Waals surface area contributed by atoms with Crippen molar-refractivity contribution >= 4 is 50.0 Å². The summed E-state index contributed by atoms with van der Waals surface area (Å²) in [6, 6.07) is 18.1. The Labute approximate surface area is 256 Å². The average Bonchev–Trinajstić information content (AvgIpc) is 3.39. The van der Waals surface area contributed by atoms with Crippen LogP contribution in [0.2, 0.25) is 5.02 Å². The average molecular weight is 611 g/mol. The number of pyridine rings is 3. The summed E-state index contributed by atoms with van der Waals surface area (Å²) in [5, 5.41) is 12.1. The second-order valence-corrected chi connectivity index (χ2v) is 12.6. The molecule has 1 N–H and O–H groups in total. The molecule has 0 saturated carbocycles. The van der Waals surface area contributed by atoms with Gasteiger partial charge < -0.3 is 9.84 Å². The van der Waals surface area contributed by atoms with Gasteiger partial charge >= 0.3 is 5.97 Å². The quantitative estimate of drug-likeness (QED) is 0.207. The number of thiazole rings is 1. The molecule has 0 aliphatic rings. The van der Waals surface area contributed by atoms with Crippen LogP contribution in [0, 0.1) is 6.92 Å². The lowest BCUT2D eigenvalue weighted by atomic mass is 9.91. The summed E-state index contributed by atoms with van der Waals surface area (Å²) in [7, 11) is 0. The highest BCUT2D eigenvalue weighted by molar-refractivity contribution is 7.22. The molecule has 0 aliphatic heterocycles. The van der Waals surface area contributed by atoms with Crippen LogP contribution in [0.25, 0.3) is 48.6 Å². The Kier molecular flexibility index (Phi) is 7.33. The number of benzene rings is 2. The number of aliphatic carboxylic acids is 1. The highest BCUT2D eigenvalue weighted by Crippen LogP contribution is 2.44. The Morgan fingerprint density at radius 2 is 1.77 bits per heavy atom. The van der Waals surface area contributed by atoms with Crippen LogP contribution >= 0.6 is 22.9 Å². The van der Waals surface area contributed by atoms with Gasteiger partial charge in [0.1, 0.15) is 10.8 Å². The Balaban J connectivity index is 1.55. The molecule has 0 spiro atoms. The number of aryl methyl sites for hydroxylation is 1. The molecular weight excluding hydrogens is 584 g/mol. The maximum Gasteiger partial charge on any atom is 0.337 e. The van der Waals surface area contributed by atoms with Crippen molar-refractivity contribution in [2.75, 3.05) is 0 Å². The van der Waals surface area contributed by atoms with Crippen molar-refractivity contribution in [3.05, 3.63) is 106 Å². The number of carboxylic acids is 1. The van der Waals surface area contributed by atoms with E-state index < -0.39 is 17.7 Å². The molecule has 0 bridgehead atoms. The summed E-state index contributed by atoms with van der Waals surface area (Å²) < 4.78 is 8.42. The first kappa shape index (κ1) is 28.7. The third kappa shape index (κ3) is 5.54. The smallest absolute Gasteiger partial charge is 0.337 e. The summed E-state index contributed by atoms with van der Waals surface area (Å²) in [6.45, 7) is 7.38. The first-order valence-electron chi connectivity index (χ1n) is 13.5. The van der Waals surface area contributed by atoms with Crippen LogP contribution in [0.15, 0.2) is 84.0 Å². The zero-order valence-electron chi connectivity index (χ0n) is 23.8. The van der Waals surface area contributed by atoms with E-state index >= 15 is 0 Å². The molecule has 0 aliphatic carbocycles. The third-order valence-corrected chi connectivity index (χ3v) is 8.32. The second-order valence-electron chi connectivity index (χ2n) is 11.1. The lowest BCUT2D eigenvalue weighted by Gasteiger charge is -2.28. The fourth-order valence-electron chi connectivity index (χ4n) is 5.10. The summed E-state index contributed by atoms with van der Waals surface area (Å²) in [5.41, 5.74) is 4.04. The third-order valence-electron chi connectivity index (χ3n) is 6.93. The first-order valence-corrected chi connectivity index (χ1v) is 14.7. The van der Waals surface area contributed by atoms with Crippen molar-refractivity contribution in [2.24, 2.45) is 0 Å². The highest BCUT2D eigenvalue weighted by atomic mass is 35.5. The number of hydrogen-bond acceptors (Lipinski definition) is 7. The van der Waals surface area contributed by atoms with Crippen molar-refractivity contribution in [1.29, 1.82) is 0 Å². The Morgan fingerprint density at radius 1 is 1.00 bits per heavy atom. The van der Waals surface area contributed by atoms with Crippen LogP contribution in [0.4, 0.5) is 0 Å². The van der Waals surface area contributed by atoms with Crippen LogP contribution in [0.1, 0.15) is 38.0 Å². The summed E-state index contributed by atoms with van der Waals surface area (Å²) in [6.07, 6.45) is 3.75. The molecule has 0 unspecified atom stereocenters. The minimum atomic E-state index is -1.21. The molecule has 4 aromatic heterocycles. The van der Waals surface area contributed by atoms with Crippen LogP contribution in [-0.4, -0.2) is 36.2 Å². The van der Waals surface area contributed by atoms with Crippen LogP contribution in [0.5, 0.6) is 0 Å². The number of carboxylic acid groups (broad SMARTS) is 1. The summed E-state index contributed by atoms with van der Waals surface area (Å²) >= 11 is 7.66. The molecule has 0 saturated heterocycles. The zero-order valence-corrected chi connectivity index (χ0v) is 25.4. The normalized spacial score (nSPS) is 12.6. The minimum Gasteiger partial charge on any atom is -0.479 e. The Morgan fingerprint density at radius 3 is 2.49 bits per heavy atom. The fourth-order valence-corrected chi connectivity index (χ4v) is 6.35. The maximum atomic E-state index is 13.2. The number of carbonyl (C=O) groups is 1. The maximum absolute atomic E-state index is 13.2. The summed E-state index contributed by atoms with van der Waals surface area (Å²) in [4.78, 5) is 39.5. The van der Waals surface area contributed by atoms with Crippen molar-refractivity contribution in [3.63, 3.8) is 0 Å². The van der Waals surface area contributed by atoms with Gasteiger partial charge in [-0.05, 0) is 87.4 Å². The number of hydrogen-bond donors (Lipinski definition) is 1. The zero-order chi connectivity index (χ0) is 30.5. The van der Waals surface area contributed by atoms with Gasteiger partial charge in [0, 0.05) is 40.3 Å². The molecule has 0 radical (unpaired) electrons. The van der Waals surface area contributed by atoms with Gasteiger partial charge in [0.15, 0.2) is 6.10 Å². The van der Waals surface area contributed by atoms with Crippen molar-refractivity contribution in [2.45, 2.75) is 39.4 Å². The van der Waals surface area contributed by atoms with Gasteiger partial charge in [-0.25, -0.2) is 14.8 Å². The standard InChI is InChI=1S/C33H27ClN4O4S/c1-18-16-24-29(27(19-7-9-21(34)10-8-19)26(18)28(32(40)41)42-33(2,3)4)43-30(37-24)20-11-14-36-25(17-20)38-15-12-23-22(31(38)39)6-5-13-35-23/h5-17,28H,1-4H3,(H,40,41)/t28-/m0/s1. The van der Waals surface area contributed by atoms with E-state index in [4.69, 9.17) is 21.3 Å². The van der Waals surface area contributed by atoms with E-state index in [9.17, 15) is 14.7 Å². The van der Waals surface area contributed by atoms with Crippen LogP contribution in [0.3, 0.4) is 0 Å². The number of ether oxygens (including phenoxy) is 1. The SMILES string of the molecule is Cc1cc2nc(-c3ccnc(-n4ccc5ncccc5c4=O)c3)sc2c(-c2ccc(Cl)cc2)c1[C@H](OC(C)(C)C)C(=O)O. The molecule has 8 nitrogen and oxygen atoms in total. The van der Waals surface area contributed by atoms with Crippen LogP contribution < -0.4 is 5.56 Å². The number of aromatic nitrogens is 4.